The van der Waals surface area contributed by atoms with Crippen molar-refractivity contribution < 1.29 is 0 Å². The number of nitrogens with one attached hydrogen (secondary N) is 1. The Morgan fingerprint density at radius 1 is 1.17 bits per heavy atom. The predicted octanol–water partition coefficient (Wildman–Crippen LogP) is 4.41. The molecular weight excluding hydrogens is 220 g/mol. The van der Waals surface area contributed by atoms with Crippen LogP contribution >= 0.6 is 0 Å². The summed E-state index contributed by atoms with van der Waals surface area (Å²) in [6, 6.07) is 4.83. The van der Waals surface area contributed by atoms with Gasteiger partial charge in [-0.25, -0.2) is 0 Å². The van der Waals surface area contributed by atoms with Gasteiger partial charge in [-0.3, -0.25) is 4.98 Å². The highest BCUT2D eigenvalue weighted by atomic mass is 14.9. The first-order chi connectivity index (χ1) is 8.47. The van der Waals surface area contributed by atoms with E-state index in [0.29, 0.717) is 11.5 Å². The molecule has 1 aliphatic carbocycles. The number of aryl methyl sites for hydroxylation is 1. The van der Waals surface area contributed by atoms with Crippen LogP contribution < -0.4 is 5.32 Å². The fourth-order valence-corrected chi connectivity index (χ4v) is 3.11. The number of anilines is 1. The third kappa shape index (κ3) is 3.24. The van der Waals surface area contributed by atoms with Gasteiger partial charge in [-0.05, 0) is 43.2 Å². The van der Waals surface area contributed by atoms with Crippen LogP contribution in [0.1, 0.15) is 52.1 Å². The summed E-state index contributed by atoms with van der Waals surface area (Å²) in [6.07, 6.45) is 7.33. The zero-order chi connectivity index (χ0) is 13.2. The molecule has 100 valence electrons. The van der Waals surface area contributed by atoms with Crippen LogP contribution in [0.5, 0.6) is 0 Å². The third-order valence-electron chi connectivity index (χ3n) is 4.14. The van der Waals surface area contributed by atoms with Gasteiger partial charge in [0.2, 0.25) is 0 Å². The number of nitrogens with zero attached hydrogens (tertiary/aromatic N) is 1. The van der Waals surface area contributed by atoms with Crippen molar-refractivity contribution in [2.24, 2.45) is 11.3 Å². The lowest BCUT2D eigenvalue weighted by Gasteiger charge is -2.41. The lowest BCUT2D eigenvalue weighted by atomic mass is 9.69. The number of hydrogen-bond donors (Lipinski definition) is 1. The van der Waals surface area contributed by atoms with Crippen molar-refractivity contribution in [1.29, 1.82) is 0 Å². The minimum Gasteiger partial charge on any atom is -0.381 e. The SMILES string of the molecule is Cc1ccc(NC2CCCCC2C(C)(C)C)cn1. The molecule has 2 rings (SSSR count). The molecule has 2 heteroatoms. The van der Waals surface area contributed by atoms with Gasteiger partial charge in [0.1, 0.15) is 0 Å². The maximum absolute atomic E-state index is 4.37. The van der Waals surface area contributed by atoms with E-state index < -0.39 is 0 Å². The van der Waals surface area contributed by atoms with Gasteiger partial charge in [0.05, 0.1) is 11.9 Å². The Hall–Kier alpha value is -1.05. The molecule has 0 radical (unpaired) electrons. The highest BCUT2D eigenvalue weighted by Gasteiger charge is 2.33. The Bertz CT molecular complexity index is 375. The van der Waals surface area contributed by atoms with Gasteiger partial charge in [-0.2, -0.15) is 0 Å². The Kier molecular flexibility index (Phi) is 3.94. The monoisotopic (exact) mass is 246 g/mol. The largest absolute Gasteiger partial charge is 0.381 e. The number of aromatic nitrogens is 1. The molecule has 0 aliphatic heterocycles. The first-order valence-electron chi connectivity index (χ1n) is 7.16. The van der Waals surface area contributed by atoms with Gasteiger partial charge in [-0.1, -0.05) is 33.6 Å². The summed E-state index contributed by atoms with van der Waals surface area (Å²) in [5.74, 6) is 0.757. The zero-order valence-electron chi connectivity index (χ0n) is 12.2. The van der Waals surface area contributed by atoms with Crippen LogP contribution in [0.25, 0.3) is 0 Å². The van der Waals surface area contributed by atoms with Crippen molar-refractivity contribution in [1.82, 2.24) is 4.98 Å². The second-order valence-corrected chi connectivity index (χ2v) is 6.70. The van der Waals surface area contributed by atoms with Crippen LogP contribution in [0.2, 0.25) is 0 Å². The molecule has 1 aromatic heterocycles. The molecule has 1 heterocycles. The van der Waals surface area contributed by atoms with Gasteiger partial charge in [0.25, 0.3) is 0 Å². The molecule has 1 aliphatic rings. The van der Waals surface area contributed by atoms with E-state index in [-0.39, 0.29) is 0 Å². The Morgan fingerprint density at radius 3 is 2.50 bits per heavy atom. The van der Waals surface area contributed by atoms with Crippen LogP contribution in [0.15, 0.2) is 18.3 Å². The van der Waals surface area contributed by atoms with Crippen LogP contribution in [-0.2, 0) is 0 Å². The van der Waals surface area contributed by atoms with Crippen molar-refractivity contribution in [3.05, 3.63) is 24.0 Å². The van der Waals surface area contributed by atoms with Crippen LogP contribution in [-0.4, -0.2) is 11.0 Å². The van der Waals surface area contributed by atoms with E-state index in [2.05, 4.69) is 43.2 Å². The molecule has 0 aromatic carbocycles. The standard InChI is InChI=1S/C16H26N2/c1-12-9-10-13(11-17-12)18-15-8-6-5-7-14(15)16(2,3)4/h9-11,14-15,18H,5-8H2,1-4H3. The van der Waals surface area contributed by atoms with Gasteiger partial charge in [-0.15, -0.1) is 0 Å². The molecule has 1 aromatic rings. The Labute approximate surface area is 111 Å². The molecule has 2 unspecified atom stereocenters. The molecule has 1 fully saturated rings. The highest BCUT2D eigenvalue weighted by molar-refractivity contribution is 5.42. The summed E-state index contributed by atoms with van der Waals surface area (Å²) in [5, 5.41) is 3.70. The Balaban J connectivity index is 2.08. The van der Waals surface area contributed by atoms with Gasteiger partial charge < -0.3 is 5.32 Å². The summed E-state index contributed by atoms with van der Waals surface area (Å²) in [7, 11) is 0. The van der Waals surface area contributed by atoms with Crippen LogP contribution in [0.3, 0.4) is 0 Å². The first-order valence-corrected chi connectivity index (χ1v) is 7.16. The van der Waals surface area contributed by atoms with Crippen molar-refractivity contribution in [2.75, 3.05) is 5.32 Å². The quantitative estimate of drug-likeness (QED) is 0.836. The van der Waals surface area contributed by atoms with Gasteiger partial charge >= 0.3 is 0 Å². The van der Waals surface area contributed by atoms with Gasteiger partial charge in [0.15, 0.2) is 0 Å². The predicted molar refractivity (Wildman–Crippen MR) is 77.8 cm³/mol. The lowest BCUT2D eigenvalue weighted by Crippen LogP contribution is -2.39. The second kappa shape index (κ2) is 5.29. The minimum absolute atomic E-state index is 0.385. The first kappa shape index (κ1) is 13.4. The summed E-state index contributed by atoms with van der Waals surface area (Å²) >= 11 is 0. The molecule has 2 nitrogen and oxygen atoms in total. The molecule has 1 saturated carbocycles. The van der Waals surface area contributed by atoms with Crippen LogP contribution in [0.4, 0.5) is 5.69 Å². The molecule has 18 heavy (non-hydrogen) atoms. The van der Waals surface area contributed by atoms with Crippen molar-refractivity contribution in [2.45, 2.75) is 59.4 Å². The summed E-state index contributed by atoms with van der Waals surface area (Å²) in [4.78, 5) is 4.37. The fourth-order valence-electron chi connectivity index (χ4n) is 3.11. The van der Waals surface area contributed by atoms with E-state index in [1.807, 2.05) is 13.1 Å². The number of hydrogen-bond acceptors (Lipinski definition) is 2. The number of rotatable bonds is 2. The molecule has 2 atom stereocenters. The topological polar surface area (TPSA) is 24.9 Å². The zero-order valence-corrected chi connectivity index (χ0v) is 12.2. The minimum atomic E-state index is 0.385. The normalized spacial score (nSPS) is 24.9. The van der Waals surface area contributed by atoms with Crippen molar-refractivity contribution >= 4 is 5.69 Å². The average Bonchev–Trinajstić information content (AvgIpc) is 2.31. The van der Waals surface area contributed by atoms with E-state index in [9.17, 15) is 0 Å². The smallest absolute Gasteiger partial charge is 0.0529 e. The third-order valence-corrected chi connectivity index (χ3v) is 4.14. The van der Waals surface area contributed by atoms with E-state index in [1.165, 1.54) is 31.4 Å². The highest BCUT2D eigenvalue weighted by Crippen LogP contribution is 2.39. The van der Waals surface area contributed by atoms with E-state index >= 15 is 0 Å². The average molecular weight is 246 g/mol. The number of pyridine rings is 1. The Morgan fingerprint density at radius 2 is 1.89 bits per heavy atom. The van der Waals surface area contributed by atoms with Gasteiger partial charge in [0, 0.05) is 11.7 Å². The summed E-state index contributed by atoms with van der Waals surface area (Å²) in [6.45, 7) is 9.13. The van der Waals surface area contributed by atoms with E-state index in [0.717, 1.165) is 11.6 Å². The molecular formula is C16H26N2. The molecule has 0 saturated heterocycles. The van der Waals surface area contributed by atoms with Crippen molar-refractivity contribution in [3.8, 4) is 0 Å². The molecule has 0 spiro atoms. The van der Waals surface area contributed by atoms with Crippen LogP contribution in [0, 0.1) is 18.3 Å². The molecule has 0 bridgehead atoms. The fraction of sp³-hybridized carbons (Fsp3) is 0.688. The molecule has 1 N–H and O–H groups in total. The maximum Gasteiger partial charge on any atom is 0.0529 e. The van der Waals surface area contributed by atoms with E-state index in [1.54, 1.807) is 0 Å². The second-order valence-electron chi connectivity index (χ2n) is 6.70. The summed E-state index contributed by atoms with van der Waals surface area (Å²) < 4.78 is 0. The lowest BCUT2D eigenvalue weighted by molar-refractivity contribution is 0.163. The van der Waals surface area contributed by atoms with Crippen molar-refractivity contribution in [3.63, 3.8) is 0 Å². The molecule has 0 amide bonds. The van der Waals surface area contributed by atoms with E-state index in [4.69, 9.17) is 0 Å². The summed E-state index contributed by atoms with van der Waals surface area (Å²) in [5.41, 5.74) is 2.63. The maximum atomic E-state index is 4.37.